The van der Waals surface area contributed by atoms with Crippen LogP contribution < -0.4 is 10.1 Å². The molecule has 2 N–H and O–H groups in total. The Morgan fingerprint density at radius 2 is 2.00 bits per heavy atom. The van der Waals surface area contributed by atoms with Gasteiger partial charge < -0.3 is 19.9 Å². The maximum atomic E-state index is 12.4. The minimum atomic E-state index is -1.19. The molecule has 2 aromatic carbocycles. The molecule has 2 rings (SSSR count). The smallest absolute Gasteiger partial charge is 0.256 e. The van der Waals surface area contributed by atoms with Gasteiger partial charge in [0.15, 0.2) is 6.29 Å². The van der Waals surface area contributed by atoms with Crippen LogP contribution in [0.1, 0.15) is 27.8 Å². The Labute approximate surface area is 133 Å². The third kappa shape index (κ3) is 3.66. The monoisotopic (exact) mass is 312 g/mol. The predicted octanol–water partition coefficient (Wildman–Crippen LogP) is 2.46. The average Bonchev–Trinajstić information content (AvgIpc) is 2.60. The molecule has 0 radical (unpaired) electrons. The van der Waals surface area contributed by atoms with E-state index in [1.54, 1.807) is 36.4 Å². The first-order valence-electron chi connectivity index (χ1n) is 6.80. The number of aliphatic hydroxyl groups is 1. The second-order valence-electron chi connectivity index (χ2n) is 4.66. The zero-order valence-corrected chi connectivity index (χ0v) is 12.7. The molecule has 0 saturated carbocycles. The average molecular weight is 312 g/mol. The molecular weight excluding hydrogens is 296 g/mol. The van der Waals surface area contributed by atoms with E-state index in [0.717, 1.165) is 0 Å². The number of ether oxygens (including phenoxy) is 2. The number of carbonyl (C=O) groups excluding carboxylic acids is 1. The molecule has 23 heavy (non-hydrogen) atoms. The van der Waals surface area contributed by atoms with Gasteiger partial charge in [-0.25, -0.2) is 0 Å². The lowest BCUT2D eigenvalue weighted by atomic mass is 10.1. The molecule has 0 fully saturated rings. The van der Waals surface area contributed by atoms with Crippen molar-refractivity contribution in [2.45, 2.75) is 6.29 Å². The number of methoxy groups -OCH3 is 2. The Morgan fingerprint density at radius 3 is 2.65 bits per heavy atom. The number of aliphatic hydroxyl groups excluding tert-OH is 1. The number of rotatable bonds is 5. The molecular formula is C17H16N2O4. The van der Waals surface area contributed by atoms with Crippen LogP contribution in [0.5, 0.6) is 5.75 Å². The van der Waals surface area contributed by atoms with Crippen LogP contribution in [0.3, 0.4) is 0 Å². The second kappa shape index (κ2) is 7.40. The van der Waals surface area contributed by atoms with Crippen molar-refractivity contribution < 1.29 is 19.4 Å². The van der Waals surface area contributed by atoms with E-state index < -0.39 is 12.2 Å². The van der Waals surface area contributed by atoms with E-state index in [1.807, 2.05) is 6.07 Å². The molecule has 0 spiro atoms. The van der Waals surface area contributed by atoms with Crippen molar-refractivity contribution in [2.75, 3.05) is 19.5 Å². The van der Waals surface area contributed by atoms with Crippen molar-refractivity contribution in [3.8, 4) is 11.8 Å². The molecule has 0 aliphatic heterocycles. The highest BCUT2D eigenvalue weighted by atomic mass is 16.6. The number of nitriles is 1. The van der Waals surface area contributed by atoms with E-state index in [2.05, 4.69) is 5.32 Å². The van der Waals surface area contributed by atoms with Gasteiger partial charge in [0.2, 0.25) is 0 Å². The van der Waals surface area contributed by atoms with Crippen molar-refractivity contribution in [3.63, 3.8) is 0 Å². The van der Waals surface area contributed by atoms with E-state index in [1.165, 1.54) is 20.3 Å². The topological polar surface area (TPSA) is 91.6 Å². The van der Waals surface area contributed by atoms with E-state index in [4.69, 9.17) is 14.7 Å². The summed E-state index contributed by atoms with van der Waals surface area (Å²) >= 11 is 0. The number of amides is 1. The maximum absolute atomic E-state index is 12.4. The number of benzene rings is 2. The fourth-order valence-corrected chi connectivity index (χ4v) is 2.12. The first-order chi connectivity index (χ1) is 11.1. The molecule has 1 amide bonds. The van der Waals surface area contributed by atoms with Crippen LogP contribution >= 0.6 is 0 Å². The number of anilines is 1. The van der Waals surface area contributed by atoms with Crippen LogP contribution in [-0.2, 0) is 4.74 Å². The molecule has 0 aliphatic carbocycles. The van der Waals surface area contributed by atoms with Gasteiger partial charge in [-0.05, 0) is 24.3 Å². The first-order valence-corrected chi connectivity index (χ1v) is 6.80. The van der Waals surface area contributed by atoms with Gasteiger partial charge >= 0.3 is 0 Å². The molecule has 1 atom stereocenters. The van der Waals surface area contributed by atoms with Crippen molar-refractivity contribution in [2.24, 2.45) is 0 Å². The van der Waals surface area contributed by atoms with Crippen LogP contribution in [-0.4, -0.2) is 25.2 Å². The molecule has 6 nitrogen and oxygen atoms in total. The predicted molar refractivity (Wildman–Crippen MR) is 84.1 cm³/mol. The third-order valence-corrected chi connectivity index (χ3v) is 3.27. The van der Waals surface area contributed by atoms with Crippen molar-refractivity contribution in [1.82, 2.24) is 0 Å². The number of hydrogen-bond acceptors (Lipinski definition) is 5. The van der Waals surface area contributed by atoms with Gasteiger partial charge in [-0.3, -0.25) is 4.79 Å². The lowest BCUT2D eigenvalue weighted by Gasteiger charge is -2.14. The molecule has 1 unspecified atom stereocenters. The minimum absolute atomic E-state index is 0.288. The first kappa shape index (κ1) is 16.5. The lowest BCUT2D eigenvalue weighted by Crippen LogP contribution is -2.16. The highest BCUT2D eigenvalue weighted by Crippen LogP contribution is 2.23. The largest absolute Gasteiger partial charge is 0.495 e. The molecule has 2 aromatic rings. The summed E-state index contributed by atoms with van der Waals surface area (Å²) in [6.45, 7) is 0. The molecule has 6 heteroatoms. The van der Waals surface area contributed by atoms with Crippen LogP contribution in [0.25, 0.3) is 0 Å². The van der Waals surface area contributed by atoms with Gasteiger partial charge in [0, 0.05) is 23.9 Å². The number of carbonyl (C=O) groups is 1. The number of hydrogen-bond donors (Lipinski definition) is 2. The van der Waals surface area contributed by atoms with E-state index in [9.17, 15) is 9.90 Å². The Hall–Kier alpha value is -2.88. The van der Waals surface area contributed by atoms with Crippen molar-refractivity contribution in [1.29, 1.82) is 5.26 Å². The fraction of sp³-hybridized carbons (Fsp3) is 0.176. The SMILES string of the molecule is COc1ccc(NC(=O)c2ccccc2C(O)OC)cc1C#N. The van der Waals surface area contributed by atoms with Crippen molar-refractivity contribution >= 4 is 11.6 Å². The Bertz CT molecular complexity index is 752. The molecule has 0 bridgehead atoms. The quantitative estimate of drug-likeness (QED) is 0.827. The zero-order chi connectivity index (χ0) is 16.8. The summed E-state index contributed by atoms with van der Waals surface area (Å²) in [5.74, 6) is 0.0199. The summed E-state index contributed by atoms with van der Waals surface area (Å²) in [4.78, 5) is 12.4. The summed E-state index contributed by atoms with van der Waals surface area (Å²) in [5.41, 5.74) is 1.42. The van der Waals surface area contributed by atoms with Gasteiger partial charge in [0.05, 0.1) is 12.7 Å². The molecule has 118 valence electrons. The van der Waals surface area contributed by atoms with Gasteiger partial charge in [0.25, 0.3) is 5.91 Å². The van der Waals surface area contributed by atoms with Gasteiger partial charge in [-0.2, -0.15) is 5.26 Å². The Balaban J connectivity index is 2.28. The van der Waals surface area contributed by atoms with E-state index in [0.29, 0.717) is 22.6 Å². The van der Waals surface area contributed by atoms with E-state index in [-0.39, 0.29) is 5.56 Å². The molecule has 0 aromatic heterocycles. The summed E-state index contributed by atoms with van der Waals surface area (Å²) < 4.78 is 9.92. The summed E-state index contributed by atoms with van der Waals surface area (Å²) in [6, 6.07) is 13.3. The fourth-order valence-electron chi connectivity index (χ4n) is 2.12. The summed E-state index contributed by atoms with van der Waals surface area (Å²) in [7, 11) is 2.82. The molecule has 0 heterocycles. The molecule has 0 aliphatic rings. The summed E-state index contributed by atoms with van der Waals surface area (Å²) in [6.07, 6.45) is -1.19. The second-order valence-corrected chi connectivity index (χ2v) is 4.66. The van der Waals surface area contributed by atoms with Crippen LogP contribution in [0, 0.1) is 11.3 Å². The minimum Gasteiger partial charge on any atom is -0.495 e. The van der Waals surface area contributed by atoms with E-state index >= 15 is 0 Å². The lowest BCUT2D eigenvalue weighted by molar-refractivity contribution is -0.0772. The van der Waals surface area contributed by atoms with Gasteiger partial charge in [0.1, 0.15) is 11.8 Å². The van der Waals surface area contributed by atoms with Gasteiger partial charge in [-0.15, -0.1) is 0 Å². The maximum Gasteiger partial charge on any atom is 0.256 e. The van der Waals surface area contributed by atoms with Crippen LogP contribution in [0.4, 0.5) is 5.69 Å². The Kier molecular flexibility index (Phi) is 5.31. The van der Waals surface area contributed by atoms with Gasteiger partial charge in [-0.1, -0.05) is 18.2 Å². The molecule has 0 saturated heterocycles. The highest BCUT2D eigenvalue weighted by molar-refractivity contribution is 6.05. The normalized spacial score (nSPS) is 11.4. The number of nitrogens with one attached hydrogen (secondary N) is 1. The highest BCUT2D eigenvalue weighted by Gasteiger charge is 2.17. The number of nitrogens with zero attached hydrogens (tertiary/aromatic N) is 1. The summed E-state index contributed by atoms with van der Waals surface area (Å²) in [5, 5.41) is 21.6. The third-order valence-electron chi connectivity index (χ3n) is 3.27. The Morgan fingerprint density at radius 1 is 1.26 bits per heavy atom. The van der Waals surface area contributed by atoms with Crippen LogP contribution in [0.2, 0.25) is 0 Å². The standard InChI is InChI=1S/C17H16N2O4/c1-22-15-8-7-12(9-11(15)10-18)19-16(20)13-5-3-4-6-14(13)17(21)23-2/h3-9,17,21H,1-2H3,(H,19,20). The zero-order valence-electron chi connectivity index (χ0n) is 12.7. The van der Waals surface area contributed by atoms with Crippen molar-refractivity contribution in [3.05, 3.63) is 59.2 Å². The van der Waals surface area contributed by atoms with Crippen LogP contribution in [0.15, 0.2) is 42.5 Å².